The zero-order valence-corrected chi connectivity index (χ0v) is 31.4. The number of carboxylic acids is 1. The average Bonchev–Trinajstić information content (AvgIpc) is 3.55. The number of ether oxygens (including phenoxy) is 1. The normalized spacial score (nSPS) is 38.3. The summed E-state index contributed by atoms with van der Waals surface area (Å²) in [5.41, 5.74) is 0.621. The molecule has 0 aliphatic heterocycles. The first-order valence-corrected chi connectivity index (χ1v) is 18.6. The average molecular weight is 679 g/mol. The van der Waals surface area contributed by atoms with Crippen molar-refractivity contribution in [2.45, 2.75) is 145 Å². The van der Waals surface area contributed by atoms with Crippen LogP contribution in [0, 0.1) is 57.7 Å². The van der Waals surface area contributed by atoms with E-state index in [0.29, 0.717) is 24.0 Å². The van der Waals surface area contributed by atoms with E-state index in [1.165, 1.54) is 11.1 Å². The standard InChI is InChI=1S/C40H58N2O7/c1-22(2)31-26(43)20-40(41-33(45)25-19-23(3)49-42-25)18-17-38(9)24(32(31)40)11-12-28-37(8)15-14-29(48-30(44)21-35(4,5)34(46)47)36(6,7)27(37)13-16-39(28,38)10/h19,22,27-29,31H,11-18,20-21H2,1-10H3,(H,41,45)(H,46,47)/t27?,28?,29-,31?,37-,38+,39+,40+/m0/s1. The van der Waals surface area contributed by atoms with Crippen molar-refractivity contribution in [1.82, 2.24) is 10.5 Å². The SMILES string of the molecule is Cc1cc(C(=O)N[C@@]23CC[C@]4(C)C(=C2C(C(C)C)C(=O)C3)CCC2[C@@]3(C)CC[C@H](OC(=O)CC(C)(C)C(=O)O)C(C)(C)C3CC[C@]24C)no1. The molecule has 49 heavy (non-hydrogen) atoms. The highest BCUT2D eigenvalue weighted by molar-refractivity contribution is 5.97. The number of aliphatic carboxylic acids is 1. The number of hydrogen-bond donors (Lipinski definition) is 2. The van der Waals surface area contributed by atoms with Crippen molar-refractivity contribution in [3.63, 3.8) is 0 Å². The van der Waals surface area contributed by atoms with Crippen LogP contribution in [-0.2, 0) is 19.1 Å². The van der Waals surface area contributed by atoms with Crippen LogP contribution in [0.1, 0.15) is 143 Å². The number of Topliss-reactive ketones (excluding diaryl/α,β-unsaturated/α-hetero) is 1. The molecule has 6 rings (SSSR count). The molecule has 1 aromatic rings. The number of carbonyl (C=O) groups is 4. The van der Waals surface area contributed by atoms with Crippen molar-refractivity contribution in [2.24, 2.45) is 50.7 Å². The van der Waals surface area contributed by atoms with Gasteiger partial charge in [0.05, 0.1) is 17.4 Å². The molecule has 5 aliphatic carbocycles. The molecular formula is C40H58N2O7. The lowest BCUT2D eigenvalue weighted by Gasteiger charge is -2.70. The molecule has 3 unspecified atom stereocenters. The van der Waals surface area contributed by atoms with Crippen LogP contribution in [0.4, 0.5) is 0 Å². The van der Waals surface area contributed by atoms with Gasteiger partial charge in [-0.3, -0.25) is 19.2 Å². The molecule has 0 saturated heterocycles. The van der Waals surface area contributed by atoms with Gasteiger partial charge in [-0.2, -0.15) is 0 Å². The molecule has 1 heterocycles. The van der Waals surface area contributed by atoms with Crippen LogP contribution < -0.4 is 5.32 Å². The molecule has 1 amide bonds. The number of fused-ring (bicyclic) bond motifs is 6. The molecule has 9 heteroatoms. The summed E-state index contributed by atoms with van der Waals surface area (Å²) in [4.78, 5) is 52.2. The Morgan fingerprint density at radius 1 is 1.04 bits per heavy atom. The molecular weight excluding hydrogens is 620 g/mol. The largest absolute Gasteiger partial charge is 0.481 e. The van der Waals surface area contributed by atoms with Crippen molar-refractivity contribution in [3.05, 3.63) is 28.7 Å². The van der Waals surface area contributed by atoms with E-state index >= 15 is 0 Å². The maximum atomic E-state index is 13.9. The Balaban J connectivity index is 1.33. The molecule has 0 radical (unpaired) electrons. The number of nitrogens with one attached hydrogen (secondary N) is 1. The zero-order valence-electron chi connectivity index (χ0n) is 31.4. The predicted molar refractivity (Wildman–Crippen MR) is 184 cm³/mol. The Hall–Kier alpha value is -2.97. The summed E-state index contributed by atoms with van der Waals surface area (Å²) in [6, 6.07) is 1.65. The first-order valence-electron chi connectivity index (χ1n) is 18.6. The Morgan fingerprint density at radius 3 is 2.35 bits per heavy atom. The third-order valence-corrected chi connectivity index (χ3v) is 14.9. The molecule has 1 aromatic heterocycles. The number of ketones is 1. The first-order chi connectivity index (χ1) is 22.6. The second-order valence-electron chi connectivity index (χ2n) is 18.8. The van der Waals surface area contributed by atoms with Crippen LogP contribution in [0.5, 0.6) is 0 Å². The van der Waals surface area contributed by atoms with Gasteiger partial charge in [-0.05, 0) is 112 Å². The minimum atomic E-state index is -1.17. The number of aryl methyl sites for hydroxylation is 1. The molecule has 0 bridgehead atoms. The molecule has 0 spiro atoms. The molecule has 8 atom stereocenters. The molecule has 4 fully saturated rings. The quantitative estimate of drug-likeness (QED) is 0.220. The summed E-state index contributed by atoms with van der Waals surface area (Å²) in [5.74, 6) is -0.200. The van der Waals surface area contributed by atoms with Crippen molar-refractivity contribution >= 4 is 23.6 Å². The highest BCUT2D eigenvalue weighted by Crippen LogP contribution is 2.75. The highest BCUT2D eigenvalue weighted by atomic mass is 16.5. The van der Waals surface area contributed by atoms with E-state index in [4.69, 9.17) is 9.26 Å². The van der Waals surface area contributed by atoms with E-state index < -0.39 is 22.9 Å². The molecule has 2 N–H and O–H groups in total. The lowest BCUT2D eigenvalue weighted by molar-refractivity contribution is -0.214. The van der Waals surface area contributed by atoms with Crippen LogP contribution in [0.25, 0.3) is 0 Å². The fourth-order valence-corrected chi connectivity index (χ4v) is 12.2. The Labute approximate surface area is 291 Å². The molecule has 0 aromatic carbocycles. The van der Waals surface area contributed by atoms with E-state index in [0.717, 1.165) is 51.4 Å². The number of amides is 1. The van der Waals surface area contributed by atoms with Gasteiger partial charge in [-0.25, -0.2) is 0 Å². The summed E-state index contributed by atoms with van der Waals surface area (Å²) >= 11 is 0. The summed E-state index contributed by atoms with van der Waals surface area (Å²) < 4.78 is 11.4. The van der Waals surface area contributed by atoms with Gasteiger partial charge in [-0.1, -0.05) is 59.2 Å². The topological polar surface area (TPSA) is 136 Å². The second kappa shape index (κ2) is 11.5. The van der Waals surface area contributed by atoms with E-state index in [-0.39, 0.29) is 63.4 Å². The molecule has 270 valence electrons. The number of carbonyl (C=O) groups excluding carboxylic acids is 3. The minimum Gasteiger partial charge on any atom is -0.481 e. The minimum absolute atomic E-state index is 0.00347. The van der Waals surface area contributed by atoms with Crippen LogP contribution in [0.2, 0.25) is 0 Å². The highest BCUT2D eigenvalue weighted by Gasteiger charge is 2.69. The maximum absolute atomic E-state index is 13.9. The molecule has 9 nitrogen and oxygen atoms in total. The van der Waals surface area contributed by atoms with Gasteiger partial charge in [0.15, 0.2) is 5.69 Å². The van der Waals surface area contributed by atoms with Gasteiger partial charge >= 0.3 is 11.9 Å². The monoisotopic (exact) mass is 678 g/mol. The third kappa shape index (κ3) is 5.25. The lowest BCUT2D eigenvalue weighted by atomic mass is 9.34. The number of nitrogens with zero attached hydrogens (tertiary/aromatic N) is 1. The van der Waals surface area contributed by atoms with Crippen LogP contribution in [0.15, 0.2) is 21.7 Å². The number of carboxylic acid groups (broad SMARTS) is 1. The zero-order chi connectivity index (χ0) is 36.1. The lowest BCUT2D eigenvalue weighted by Crippen LogP contribution is -2.65. The van der Waals surface area contributed by atoms with Gasteiger partial charge in [0, 0.05) is 23.8 Å². The number of aromatic nitrogens is 1. The van der Waals surface area contributed by atoms with Gasteiger partial charge in [-0.15, -0.1) is 0 Å². The van der Waals surface area contributed by atoms with Gasteiger partial charge in [0.25, 0.3) is 5.91 Å². The second-order valence-corrected chi connectivity index (χ2v) is 18.8. The fraction of sp³-hybridized carbons (Fsp3) is 0.775. The summed E-state index contributed by atoms with van der Waals surface area (Å²) in [5, 5.41) is 16.9. The van der Waals surface area contributed by atoms with E-state index in [1.807, 2.05) is 0 Å². The van der Waals surface area contributed by atoms with E-state index in [1.54, 1.807) is 26.8 Å². The van der Waals surface area contributed by atoms with Gasteiger partial charge in [0.1, 0.15) is 17.6 Å². The molecule has 5 aliphatic rings. The summed E-state index contributed by atoms with van der Waals surface area (Å²) in [7, 11) is 0. The Morgan fingerprint density at radius 2 is 1.73 bits per heavy atom. The smallest absolute Gasteiger partial charge is 0.309 e. The van der Waals surface area contributed by atoms with Crippen molar-refractivity contribution < 1.29 is 33.5 Å². The Bertz CT molecular complexity index is 1600. The number of allylic oxidation sites excluding steroid dienone is 1. The fourth-order valence-electron chi connectivity index (χ4n) is 12.2. The maximum Gasteiger partial charge on any atom is 0.309 e. The predicted octanol–water partition coefficient (Wildman–Crippen LogP) is 7.86. The van der Waals surface area contributed by atoms with Crippen molar-refractivity contribution in [3.8, 4) is 0 Å². The van der Waals surface area contributed by atoms with Gasteiger partial charge in [0.2, 0.25) is 0 Å². The molecule has 4 saturated carbocycles. The van der Waals surface area contributed by atoms with E-state index in [2.05, 4.69) is 58.9 Å². The number of rotatable bonds is 7. The number of hydrogen-bond acceptors (Lipinski definition) is 7. The van der Waals surface area contributed by atoms with Crippen molar-refractivity contribution in [1.29, 1.82) is 0 Å². The Kier molecular flexibility index (Phi) is 8.43. The van der Waals surface area contributed by atoms with E-state index in [9.17, 15) is 24.3 Å². The van der Waals surface area contributed by atoms with Crippen molar-refractivity contribution in [2.75, 3.05) is 0 Å². The van der Waals surface area contributed by atoms with Crippen LogP contribution in [-0.4, -0.2) is 45.5 Å². The van der Waals surface area contributed by atoms with Crippen LogP contribution >= 0.6 is 0 Å². The number of esters is 1. The third-order valence-electron chi connectivity index (χ3n) is 14.9. The summed E-state index contributed by atoms with van der Waals surface area (Å²) in [6.07, 6.45) is 7.25. The summed E-state index contributed by atoms with van der Waals surface area (Å²) in [6.45, 7) is 21.1. The first kappa shape index (κ1) is 35.8. The van der Waals surface area contributed by atoms with Gasteiger partial charge < -0.3 is 19.7 Å². The van der Waals surface area contributed by atoms with Crippen LogP contribution in [0.3, 0.4) is 0 Å².